The molecule has 7 rings (SSSR count). The minimum Gasteiger partial charge on any atom is -0.310 e. The Bertz CT molecular complexity index is 1860. The van der Waals surface area contributed by atoms with E-state index < -0.39 is 0 Å². The summed E-state index contributed by atoms with van der Waals surface area (Å²) in [5.41, 5.74) is 7.31. The third kappa shape index (κ3) is 3.64. The maximum Gasteiger partial charge on any atom is 0.0540 e. The van der Waals surface area contributed by atoms with Gasteiger partial charge in [0.15, 0.2) is 0 Å². The van der Waals surface area contributed by atoms with Crippen LogP contribution < -0.4 is 4.90 Å². The second kappa shape index (κ2) is 9.21. The summed E-state index contributed by atoms with van der Waals surface area (Å²) in [6, 6.07) is 52.4. The van der Waals surface area contributed by atoms with Crippen LogP contribution in [0, 0.1) is 6.92 Å². The van der Waals surface area contributed by atoms with Crippen LogP contribution in [0.5, 0.6) is 0 Å². The van der Waals surface area contributed by atoms with Crippen molar-refractivity contribution in [2.24, 2.45) is 0 Å². The lowest BCUT2D eigenvalue weighted by molar-refractivity contribution is 1.30. The van der Waals surface area contributed by atoms with Crippen molar-refractivity contribution in [3.63, 3.8) is 0 Å². The van der Waals surface area contributed by atoms with Crippen LogP contribution in [0.1, 0.15) is 5.56 Å². The van der Waals surface area contributed by atoms with Gasteiger partial charge in [-0.3, -0.25) is 0 Å². The molecule has 0 radical (unpaired) electrons. The third-order valence-electron chi connectivity index (χ3n) is 7.64. The molecule has 180 valence electrons. The maximum atomic E-state index is 2.36. The van der Waals surface area contributed by atoms with Crippen molar-refractivity contribution in [2.75, 3.05) is 4.90 Å². The number of para-hydroxylation sites is 1. The van der Waals surface area contributed by atoms with Crippen molar-refractivity contribution >= 4 is 49.4 Å². The van der Waals surface area contributed by atoms with Gasteiger partial charge in [-0.05, 0) is 80.9 Å². The first-order valence-electron chi connectivity index (χ1n) is 13.1. The molecule has 0 unspecified atom stereocenters. The van der Waals surface area contributed by atoms with Crippen molar-refractivity contribution in [1.82, 2.24) is 0 Å². The van der Waals surface area contributed by atoms with E-state index in [4.69, 9.17) is 0 Å². The lowest BCUT2D eigenvalue weighted by Crippen LogP contribution is -2.10. The highest BCUT2D eigenvalue weighted by molar-refractivity contribution is 6.15. The van der Waals surface area contributed by atoms with Crippen LogP contribution in [0.3, 0.4) is 0 Å². The maximum absolute atomic E-state index is 2.36. The second-order valence-corrected chi connectivity index (χ2v) is 9.81. The highest BCUT2D eigenvalue weighted by atomic mass is 15.1. The van der Waals surface area contributed by atoms with Gasteiger partial charge in [0.05, 0.1) is 5.69 Å². The highest BCUT2D eigenvalue weighted by Gasteiger charge is 2.17. The van der Waals surface area contributed by atoms with E-state index in [9.17, 15) is 0 Å². The number of nitrogens with zero attached hydrogens (tertiary/aromatic N) is 1. The van der Waals surface area contributed by atoms with E-state index in [2.05, 4.69) is 157 Å². The van der Waals surface area contributed by atoms with Gasteiger partial charge in [0.1, 0.15) is 0 Å². The van der Waals surface area contributed by atoms with Crippen molar-refractivity contribution in [2.45, 2.75) is 6.92 Å². The minimum absolute atomic E-state index is 1.14. The second-order valence-electron chi connectivity index (χ2n) is 9.81. The van der Waals surface area contributed by atoms with Crippen molar-refractivity contribution in [1.29, 1.82) is 0 Å². The van der Waals surface area contributed by atoms with Gasteiger partial charge in [0.25, 0.3) is 0 Å². The molecule has 38 heavy (non-hydrogen) atoms. The molecule has 0 atom stereocenters. The molecule has 0 saturated carbocycles. The van der Waals surface area contributed by atoms with E-state index >= 15 is 0 Å². The summed E-state index contributed by atoms with van der Waals surface area (Å²) in [6.45, 7) is 2.24. The number of hydrogen-bond acceptors (Lipinski definition) is 1. The molecular weight excluding hydrogens is 458 g/mol. The number of rotatable bonds is 4. The van der Waals surface area contributed by atoms with Crippen LogP contribution >= 0.6 is 0 Å². The topological polar surface area (TPSA) is 3.24 Å². The van der Waals surface area contributed by atoms with Crippen LogP contribution in [0.25, 0.3) is 43.4 Å². The van der Waals surface area contributed by atoms with Crippen molar-refractivity contribution in [3.8, 4) is 11.1 Å². The third-order valence-corrected chi connectivity index (χ3v) is 7.64. The molecule has 0 amide bonds. The summed E-state index contributed by atoms with van der Waals surface area (Å²) >= 11 is 0. The lowest BCUT2D eigenvalue weighted by Gasteiger charge is -2.27. The molecule has 0 heterocycles. The van der Waals surface area contributed by atoms with Crippen LogP contribution in [0.2, 0.25) is 0 Å². The Morgan fingerprint density at radius 1 is 0.395 bits per heavy atom. The molecule has 1 heteroatoms. The molecule has 0 spiro atoms. The molecule has 0 aliphatic carbocycles. The Kier molecular flexibility index (Phi) is 5.41. The summed E-state index contributed by atoms with van der Waals surface area (Å²) in [4.78, 5) is 2.36. The van der Waals surface area contributed by atoms with Gasteiger partial charge in [0, 0.05) is 16.8 Å². The summed E-state index contributed by atoms with van der Waals surface area (Å²) in [6.07, 6.45) is 0. The zero-order valence-corrected chi connectivity index (χ0v) is 21.3. The molecule has 7 aromatic carbocycles. The van der Waals surface area contributed by atoms with Gasteiger partial charge >= 0.3 is 0 Å². The Morgan fingerprint density at radius 2 is 0.895 bits per heavy atom. The van der Waals surface area contributed by atoms with Gasteiger partial charge in [-0.1, -0.05) is 115 Å². The first-order chi connectivity index (χ1) is 18.8. The molecule has 0 aliphatic heterocycles. The fourth-order valence-electron chi connectivity index (χ4n) is 5.84. The molecule has 0 aromatic heterocycles. The summed E-state index contributed by atoms with van der Waals surface area (Å²) in [5, 5.41) is 7.69. The van der Waals surface area contributed by atoms with Crippen LogP contribution in [-0.4, -0.2) is 0 Å². The van der Waals surface area contributed by atoms with Crippen LogP contribution in [0.4, 0.5) is 17.1 Å². The monoisotopic (exact) mass is 485 g/mol. The van der Waals surface area contributed by atoms with E-state index in [0.29, 0.717) is 0 Å². The zero-order chi connectivity index (χ0) is 25.5. The van der Waals surface area contributed by atoms with Gasteiger partial charge in [-0.15, -0.1) is 0 Å². The summed E-state index contributed by atoms with van der Waals surface area (Å²) in [7, 11) is 0. The number of aryl methyl sites for hydroxylation is 1. The molecular formula is C37H27N. The normalized spacial score (nSPS) is 11.3. The number of anilines is 3. The molecule has 0 fully saturated rings. The van der Waals surface area contributed by atoms with Gasteiger partial charge in [-0.25, -0.2) is 0 Å². The van der Waals surface area contributed by atoms with E-state index in [1.807, 2.05) is 0 Å². The molecule has 0 saturated heterocycles. The Morgan fingerprint density at radius 3 is 1.55 bits per heavy atom. The largest absolute Gasteiger partial charge is 0.310 e. The van der Waals surface area contributed by atoms with E-state index in [1.165, 1.54) is 54.7 Å². The SMILES string of the molecule is Cc1c2ccccc2c(-c2ccc(N(c3ccccc3)c3cccc4ccccc34)cc2)c2ccccc12. The van der Waals surface area contributed by atoms with Crippen molar-refractivity contribution in [3.05, 3.63) is 151 Å². The van der Waals surface area contributed by atoms with E-state index in [-0.39, 0.29) is 0 Å². The standard InChI is InChI=1S/C37H27N/c1-26-31-16-7-9-19-34(31)37(35-20-10-8-17-32(26)35)28-22-24-30(25-23-28)38(29-14-3-2-4-15-29)36-21-11-13-27-12-5-6-18-33(27)36/h2-25H,1H3. The number of hydrogen-bond donors (Lipinski definition) is 0. The Hall–Kier alpha value is -4.88. The average molecular weight is 486 g/mol. The fourth-order valence-corrected chi connectivity index (χ4v) is 5.84. The number of fused-ring (bicyclic) bond motifs is 3. The minimum atomic E-state index is 1.14. The molecule has 0 N–H and O–H groups in total. The van der Waals surface area contributed by atoms with E-state index in [1.54, 1.807) is 0 Å². The summed E-state index contributed by atoms with van der Waals surface area (Å²) in [5.74, 6) is 0. The zero-order valence-electron chi connectivity index (χ0n) is 21.3. The lowest BCUT2D eigenvalue weighted by atomic mass is 9.89. The average Bonchev–Trinajstić information content (AvgIpc) is 2.99. The molecule has 7 aromatic rings. The quantitative estimate of drug-likeness (QED) is 0.224. The molecule has 0 aliphatic rings. The van der Waals surface area contributed by atoms with Gasteiger partial charge in [-0.2, -0.15) is 0 Å². The molecule has 1 nitrogen and oxygen atoms in total. The highest BCUT2D eigenvalue weighted by Crippen LogP contribution is 2.42. The molecule has 0 bridgehead atoms. The van der Waals surface area contributed by atoms with Gasteiger partial charge < -0.3 is 4.90 Å². The van der Waals surface area contributed by atoms with Crippen molar-refractivity contribution < 1.29 is 0 Å². The van der Waals surface area contributed by atoms with Crippen LogP contribution in [-0.2, 0) is 0 Å². The predicted octanol–water partition coefficient (Wildman–Crippen LogP) is 10.6. The smallest absolute Gasteiger partial charge is 0.0540 e. The summed E-state index contributed by atoms with van der Waals surface area (Å²) < 4.78 is 0. The Labute approximate surface area is 223 Å². The predicted molar refractivity (Wildman–Crippen MR) is 164 cm³/mol. The number of benzene rings is 7. The first-order valence-corrected chi connectivity index (χ1v) is 13.1. The fraction of sp³-hybridized carbons (Fsp3) is 0.0270. The van der Waals surface area contributed by atoms with E-state index in [0.717, 1.165) is 11.4 Å². The Balaban J connectivity index is 1.43. The van der Waals surface area contributed by atoms with Gasteiger partial charge in [0.2, 0.25) is 0 Å². The first kappa shape index (κ1) is 22.3. The van der Waals surface area contributed by atoms with Crippen LogP contribution in [0.15, 0.2) is 146 Å².